The van der Waals surface area contributed by atoms with Crippen molar-refractivity contribution in [2.24, 2.45) is 0 Å². The molecule has 0 aromatic heterocycles. The van der Waals surface area contributed by atoms with Crippen molar-refractivity contribution in [1.82, 2.24) is 10.0 Å². The highest BCUT2D eigenvalue weighted by atomic mass is 32.2. The van der Waals surface area contributed by atoms with Gasteiger partial charge < -0.3 is 14.8 Å². The van der Waals surface area contributed by atoms with Gasteiger partial charge in [0.15, 0.2) is 5.75 Å². The summed E-state index contributed by atoms with van der Waals surface area (Å²) >= 11 is 0. The minimum atomic E-state index is -4.51. The van der Waals surface area contributed by atoms with Gasteiger partial charge in [-0.3, -0.25) is 4.79 Å². The van der Waals surface area contributed by atoms with Gasteiger partial charge in [-0.15, -0.1) is 0 Å². The molecule has 3 N–H and O–H groups in total. The smallest absolute Gasteiger partial charge is 0.366 e. The summed E-state index contributed by atoms with van der Waals surface area (Å²) in [5.41, 5.74) is 5.45. The van der Waals surface area contributed by atoms with Gasteiger partial charge in [-0.05, 0) is 84.7 Å². The van der Waals surface area contributed by atoms with E-state index in [1.807, 2.05) is 48.5 Å². The number of carbonyl (C=O) groups is 2. The molecule has 0 heterocycles. The first-order valence-electron chi connectivity index (χ1n) is 15.3. The van der Waals surface area contributed by atoms with E-state index in [4.69, 9.17) is 4.18 Å². The van der Waals surface area contributed by atoms with Crippen LogP contribution in [0.3, 0.4) is 0 Å². The van der Waals surface area contributed by atoms with Crippen molar-refractivity contribution in [3.05, 3.63) is 57.6 Å². The number of amides is 3. The fourth-order valence-electron chi connectivity index (χ4n) is 4.98. The predicted octanol–water partition coefficient (Wildman–Crippen LogP) is 8.21. The molecule has 8 nitrogen and oxygen atoms in total. The fourth-order valence-corrected chi connectivity index (χ4v) is 5.78. The number of benzene rings is 2. The molecule has 0 saturated heterocycles. The van der Waals surface area contributed by atoms with Crippen LogP contribution in [0.15, 0.2) is 24.3 Å². The molecule has 0 bridgehead atoms. The number of anilines is 1. The Hall–Kier alpha value is -3.07. The molecule has 0 radical (unpaired) electrons. The van der Waals surface area contributed by atoms with Crippen LogP contribution in [0.1, 0.15) is 153 Å². The quantitative estimate of drug-likeness (QED) is 0.236. The molecule has 3 amide bonds. The molecular weight excluding hydrogens is 562 g/mol. The average molecular weight is 616 g/mol. The molecule has 0 aliphatic carbocycles. The van der Waals surface area contributed by atoms with Gasteiger partial charge in [0.25, 0.3) is 0 Å². The van der Waals surface area contributed by atoms with Crippen molar-refractivity contribution in [2.45, 2.75) is 132 Å². The number of nitrogens with one attached hydrogen (secondary N) is 3. The van der Waals surface area contributed by atoms with Gasteiger partial charge >= 0.3 is 16.3 Å². The Morgan fingerprint density at radius 1 is 0.721 bits per heavy atom. The first kappa shape index (κ1) is 36.1. The van der Waals surface area contributed by atoms with Crippen LogP contribution in [0.4, 0.5) is 10.5 Å². The summed E-state index contributed by atoms with van der Waals surface area (Å²) in [5.74, 6) is -0.112. The molecule has 0 atom stereocenters. The average Bonchev–Trinajstić information content (AvgIpc) is 2.82. The summed E-state index contributed by atoms with van der Waals surface area (Å²) < 4.78 is 34.4. The van der Waals surface area contributed by atoms with Crippen LogP contribution in [-0.2, 0) is 21.5 Å². The lowest BCUT2D eigenvalue weighted by atomic mass is 9.83. The number of hydrogen-bond donors (Lipinski definition) is 3. The molecule has 0 unspecified atom stereocenters. The SMILES string of the molecule is CC(C)c1cc(C(C)C)c(CC(=O)NS(=O)(=O)Oc2c(C(C)C)cc(NC(=O)NC(C)(C)C)cc2C(C)C)c(C(C)C)c1. The van der Waals surface area contributed by atoms with Crippen LogP contribution in [0.25, 0.3) is 0 Å². The van der Waals surface area contributed by atoms with Crippen LogP contribution in [-0.4, -0.2) is 25.9 Å². The Balaban J connectivity index is 2.45. The first-order valence-corrected chi connectivity index (χ1v) is 16.7. The molecule has 0 spiro atoms. The van der Waals surface area contributed by atoms with E-state index >= 15 is 0 Å². The summed E-state index contributed by atoms with van der Waals surface area (Å²) in [5, 5.41) is 5.72. The van der Waals surface area contributed by atoms with Crippen LogP contribution in [0.2, 0.25) is 0 Å². The van der Waals surface area contributed by atoms with E-state index in [1.54, 1.807) is 12.1 Å². The number of urea groups is 1. The van der Waals surface area contributed by atoms with Crippen molar-refractivity contribution in [3.8, 4) is 5.75 Å². The maximum absolute atomic E-state index is 13.3. The second-order valence-corrected chi connectivity index (χ2v) is 15.3. The van der Waals surface area contributed by atoms with E-state index < -0.39 is 21.8 Å². The molecule has 240 valence electrons. The summed E-state index contributed by atoms with van der Waals surface area (Å²) in [6, 6.07) is 7.33. The Bertz CT molecular complexity index is 1360. The Labute approximate surface area is 260 Å². The van der Waals surface area contributed by atoms with E-state index in [1.165, 1.54) is 5.56 Å². The lowest BCUT2D eigenvalue weighted by molar-refractivity contribution is -0.118. The van der Waals surface area contributed by atoms with Gasteiger partial charge in [-0.25, -0.2) is 9.52 Å². The monoisotopic (exact) mass is 615 g/mol. The molecule has 0 aliphatic rings. The van der Waals surface area contributed by atoms with Crippen molar-refractivity contribution in [2.75, 3.05) is 5.32 Å². The molecular formula is C34H53N3O5S. The van der Waals surface area contributed by atoms with Crippen LogP contribution < -0.4 is 19.5 Å². The second-order valence-electron chi connectivity index (χ2n) is 14.0. The van der Waals surface area contributed by atoms with E-state index in [-0.39, 0.29) is 41.9 Å². The molecule has 9 heteroatoms. The summed E-state index contributed by atoms with van der Waals surface area (Å²) in [6.07, 6.45) is -0.0815. The lowest BCUT2D eigenvalue weighted by Crippen LogP contribution is -2.43. The third-order valence-corrected chi connectivity index (χ3v) is 8.02. The van der Waals surface area contributed by atoms with E-state index in [2.05, 4.69) is 69.0 Å². The highest BCUT2D eigenvalue weighted by Gasteiger charge is 2.27. The third-order valence-electron chi connectivity index (χ3n) is 7.16. The highest BCUT2D eigenvalue weighted by Crippen LogP contribution is 2.38. The molecule has 2 aromatic carbocycles. The summed E-state index contributed by atoms with van der Waals surface area (Å²) in [4.78, 5) is 25.9. The molecule has 43 heavy (non-hydrogen) atoms. The number of rotatable bonds is 11. The van der Waals surface area contributed by atoms with Gasteiger partial charge in [0.2, 0.25) is 5.91 Å². The lowest BCUT2D eigenvalue weighted by Gasteiger charge is -2.24. The zero-order valence-corrected chi connectivity index (χ0v) is 29.2. The Kier molecular flexibility index (Phi) is 11.9. The Morgan fingerprint density at radius 3 is 1.53 bits per heavy atom. The van der Waals surface area contributed by atoms with Crippen molar-refractivity contribution in [1.29, 1.82) is 0 Å². The minimum Gasteiger partial charge on any atom is -0.366 e. The van der Waals surface area contributed by atoms with Gasteiger partial charge in [-0.1, -0.05) is 81.4 Å². The fraction of sp³-hybridized carbons (Fsp3) is 0.588. The summed E-state index contributed by atoms with van der Waals surface area (Å²) in [6.45, 7) is 25.9. The first-order chi connectivity index (χ1) is 19.6. The van der Waals surface area contributed by atoms with Gasteiger partial charge in [0.05, 0.1) is 6.42 Å². The van der Waals surface area contributed by atoms with E-state index in [9.17, 15) is 18.0 Å². The molecule has 2 rings (SSSR count). The molecule has 0 saturated carbocycles. The largest absolute Gasteiger partial charge is 0.409 e. The maximum Gasteiger partial charge on any atom is 0.409 e. The molecule has 2 aromatic rings. The van der Waals surface area contributed by atoms with Crippen LogP contribution in [0.5, 0.6) is 5.75 Å². The number of carbonyl (C=O) groups excluding carboxylic acids is 2. The van der Waals surface area contributed by atoms with Crippen LogP contribution >= 0.6 is 0 Å². The topological polar surface area (TPSA) is 114 Å². The molecule has 0 aliphatic heterocycles. The zero-order chi connectivity index (χ0) is 33.0. The van der Waals surface area contributed by atoms with Crippen molar-refractivity contribution < 1.29 is 22.2 Å². The molecule has 0 fully saturated rings. The second kappa shape index (κ2) is 14.1. The zero-order valence-electron chi connectivity index (χ0n) is 28.4. The standard InChI is InChI=1S/C34H53N3O5S/c1-19(2)24-14-26(20(3)4)30(27(15-24)21(5)6)18-31(38)37-43(40,41)42-32-28(22(7)8)16-25(17-29(32)23(9)10)35-33(39)36-34(11,12)13/h14-17,19-23H,18H2,1-13H3,(H,37,38)(H2,35,36,39). The van der Waals surface area contributed by atoms with Crippen molar-refractivity contribution >= 4 is 27.9 Å². The van der Waals surface area contributed by atoms with Crippen LogP contribution in [0, 0.1) is 0 Å². The predicted molar refractivity (Wildman–Crippen MR) is 177 cm³/mol. The van der Waals surface area contributed by atoms with E-state index in [0.717, 1.165) is 16.7 Å². The van der Waals surface area contributed by atoms with Gasteiger partial charge in [-0.2, -0.15) is 8.42 Å². The Morgan fingerprint density at radius 2 is 1.16 bits per heavy atom. The van der Waals surface area contributed by atoms with E-state index in [0.29, 0.717) is 22.7 Å². The van der Waals surface area contributed by atoms with Gasteiger partial charge in [0.1, 0.15) is 0 Å². The minimum absolute atomic E-state index is 0.0815. The maximum atomic E-state index is 13.3. The number of hydrogen-bond acceptors (Lipinski definition) is 5. The van der Waals surface area contributed by atoms with Gasteiger partial charge in [0, 0.05) is 22.4 Å². The normalized spacial score (nSPS) is 12.4. The third kappa shape index (κ3) is 10.3. The van der Waals surface area contributed by atoms with Crippen molar-refractivity contribution in [3.63, 3.8) is 0 Å². The highest BCUT2D eigenvalue weighted by molar-refractivity contribution is 7.85. The summed E-state index contributed by atoms with van der Waals surface area (Å²) in [7, 11) is -4.51.